The molecule has 0 saturated carbocycles. The molecule has 30 heavy (non-hydrogen) atoms. The molecule has 0 saturated heterocycles. The van der Waals surface area contributed by atoms with E-state index in [1.807, 2.05) is 24.3 Å². The summed E-state index contributed by atoms with van der Waals surface area (Å²) < 4.78 is 1.67. The van der Waals surface area contributed by atoms with Gasteiger partial charge in [-0.3, -0.25) is 14.2 Å². The van der Waals surface area contributed by atoms with E-state index in [1.54, 1.807) is 22.8 Å². The molecule has 0 radical (unpaired) electrons. The Labute approximate surface area is 185 Å². The molecule has 0 bridgehead atoms. The fraction of sp³-hybridized carbons (Fsp3) is 0.348. The van der Waals surface area contributed by atoms with E-state index in [0.29, 0.717) is 33.5 Å². The predicted octanol–water partition coefficient (Wildman–Crippen LogP) is 5.39. The highest BCUT2D eigenvalue weighted by Gasteiger charge is 2.15. The second-order valence-corrected chi connectivity index (χ2v) is 8.92. The normalized spacial score (nSPS) is 11.2. The zero-order valence-electron chi connectivity index (χ0n) is 17.4. The van der Waals surface area contributed by atoms with E-state index in [-0.39, 0.29) is 17.2 Å². The number of benzene rings is 2. The van der Waals surface area contributed by atoms with Crippen molar-refractivity contribution in [1.82, 2.24) is 9.55 Å². The molecule has 2 aromatic carbocycles. The highest BCUT2D eigenvalue weighted by molar-refractivity contribution is 7.99. The monoisotopic (exact) mass is 443 g/mol. The van der Waals surface area contributed by atoms with Crippen LogP contribution < -0.4 is 10.9 Å². The van der Waals surface area contributed by atoms with E-state index >= 15 is 0 Å². The molecule has 158 valence electrons. The van der Waals surface area contributed by atoms with E-state index in [1.165, 1.54) is 11.8 Å². The first kappa shape index (κ1) is 22.4. The van der Waals surface area contributed by atoms with E-state index in [2.05, 4.69) is 31.1 Å². The number of hydrogen-bond acceptors (Lipinski definition) is 4. The van der Waals surface area contributed by atoms with Crippen LogP contribution in [-0.2, 0) is 17.8 Å². The molecule has 1 N–H and O–H groups in total. The lowest BCUT2D eigenvalue weighted by molar-refractivity contribution is -0.113. The van der Waals surface area contributed by atoms with Crippen LogP contribution in [0.5, 0.6) is 0 Å². The van der Waals surface area contributed by atoms with Crippen molar-refractivity contribution in [2.75, 3.05) is 11.1 Å². The van der Waals surface area contributed by atoms with Crippen LogP contribution in [0.2, 0.25) is 5.02 Å². The van der Waals surface area contributed by atoms with E-state index < -0.39 is 0 Å². The number of aromatic nitrogens is 2. The highest BCUT2D eigenvalue weighted by atomic mass is 35.5. The minimum atomic E-state index is -0.128. The molecule has 0 aliphatic heterocycles. The van der Waals surface area contributed by atoms with Gasteiger partial charge in [0.25, 0.3) is 5.56 Å². The molecule has 0 unspecified atom stereocenters. The molecular weight excluding hydrogens is 418 g/mol. The number of aryl methyl sites for hydroxylation is 1. The van der Waals surface area contributed by atoms with Gasteiger partial charge in [0, 0.05) is 17.3 Å². The summed E-state index contributed by atoms with van der Waals surface area (Å²) in [6.07, 6.45) is 1.69. The molecular formula is C23H26ClN3O2S. The first-order valence-electron chi connectivity index (χ1n) is 10.1. The summed E-state index contributed by atoms with van der Waals surface area (Å²) in [5, 5.41) is 4.57. The molecule has 1 aromatic heterocycles. The van der Waals surface area contributed by atoms with Crippen molar-refractivity contribution < 1.29 is 4.79 Å². The third kappa shape index (κ3) is 5.43. The molecule has 1 heterocycles. The van der Waals surface area contributed by atoms with Crippen LogP contribution in [0.25, 0.3) is 10.9 Å². The summed E-state index contributed by atoms with van der Waals surface area (Å²) in [5.74, 6) is 0.486. The fourth-order valence-corrected chi connectivity index (χ4v) is 4.13. The van der Waals surface area contributed by atoms with Gasteiger partial charge in [0.05, 0.1) is 16.7 Å². The van der Waals surface area contributed by atoms with Crippen LogP contribution in [0, 0.1) is 5.92 Å². The van der Waals surface area contributed by atoms with Crippen molar-refractivity contribution in [3.63, 3.8) is 0 Å². The fourth-order valence-electron chi connectivity index (χ4n) is 3.14. The lowest BCUT2D eigenvalue weighted by atomic mass is 10.1. The van der Waals surface area contributed by atoms with Crippen molar-refractivity contribution in [3.8, 4) is 0 Å². The number of para-hydroxylation sites is 1. The molecule has 5 nitrogen and oxygen atoms in total. The number of fused-ring (bicyclic) bond motifs is 1. The number of carbonyl (C=O) groups is 1. The summed E-state index contributed by atoms with van der Waals surface area (Å²) >= 11 is 7.36. The zero-order chi connectivity index (χ0) is 21.7. The Bertz CT molecular complexity index is 1110. The van der Waals surface area contributed by atoms with Gasteiger partial charge in [0.1, 0.15) is 0 Å². The van der Waals surface area contributed by atoms with Crippen LogP contribution >= 0.6 is 23.4 Å². The van der Waals surface area contributed by atoms with E-state index in [0.717, 1.165) is 24.1 Å². The number of halogens is 1. The average molecular weight is 444 g/mol. The first-order valence-corrected chi connectivity index (χ1v) is 11.5. The van der Waals surface area contributed by atoms with Crippen molar-refractivity contribution in [2.45, 2.75) is 45.3 Å². The van der Waals surface area contributed by atoms with Gasteiger partial charge in [0.15, 0.2) is 5.16 Å². The zero-order valence-corrected chi connectivity index (χ0v) is 19.0. The maximum Gasteiger partial charge on any atom is 0.262 e. The van der Waals surface area contributed by atoms with Crippen LogP contribution in [0.15, 0.2) is 52.4 Å². The Morgan fingerprint density at radius 1 is 1.23 bits per heavy atom. The lowest BCUT2D eigenvalue weighted by Crippen LogP contribution is -2.25. The smallest absolute Gasteiger partial charge is 0.262 e. The molecule has 0 fully saturated rings. The van der Waals surface area contributed by atoms with Gasteiger partial charge in [-0.05, 0) is 48.6 Å². The average Bonchev–Trinajstić information content (AvgIpc) is 2.71. The number of carbonyl (C=O) groups excluding carboxylic acids is 1. The van der Waals surface area contributed by atoms with Gasteiger partial charge in [-0.1, -0.05) is 62.3 Å². The SMILES string of the molecule is CCc1ccccc1NC(=O)CSc1nc2cc(Cl)ccc2c(=O)n1CCC(C)C. The number of rotatable bonds is 8. The third-order valence-corrected chi connectivity index (χ3v) is 6.03. The molecule has 0 aliphatic rings. The van der Waals surface area contributed by atoms with Gasteiger partial charge in [0.2, 0.25) is 5.91 Å². The Hall–Kier alpha value is -2.31. The summed E-state index contributed by atoms with van der Waals surface area (Å²) in [7, 11) is 0. The van der Waals surface area contributed by atoms with E-state index in [9.17, 15) is 9.59 Å². The van der Waals surface area contributed by atoms with Crippen molar-refractivity contribution in [1.29, 1.82) is 0 Å². The number of thioether (sulfide) groups is 1. The number of amides is 1. The quantitative estimate of drug-likeness (QED) is 0.374. The number of hydrogen-bond donors (Lipinski definition) is 1. The molecule has 7 heteroatoms. The second kappa shape index (κ2) is 10.1. The molecule has 0 spiro atoms. The van der Waals surface area contributed by atoms with Crippen LogP contribution in [0.4, 0.5) is 5.69 Å². The Balaban J connectivity index is 1.85. The van der Waals surface area contributed by atoms with Gasteiger partial charge in [-0.2, -0.15) is 0 Å². The molecule has 3 rings (SSSR count). The van der Waals surface area contributed by atoms with Gasteiger partial charge in [-0.25, -0.2) is 4.98 Å². The van der Waals surface area contributed by atoms with Crippen LogP contribution in [-0.4, -0.2) is 21.2 Å². The van der Waals surface area contributed by atoms with Gasteiger partial charge in [-0.15, -0.1) is 0 Å². The Kier molecular flexibility index (Phi) is 7.56. The van der Waals surface area contributed by atoms with Crippen molar-refractivity contribution in [2.24, 2.45) is 5.92 Å². The topological polar surface area (TPSA) is 64.0 Å². The number of anilines is 1. The Morgan fingerprint density at radius 3 is 2.73 bits per heavy atom. The largest absolute Gasteiger partial charge is 0.325 e. The summed E-state index contributed by atoms with van der Waals surface area (Å²) in [6, 6.07) is 12.9. The first-order chi connectivity index (χ1) is 14.4. The van der Waals surface area contributed by atoms with Crippen molar-refractivity contribution >= 4 is 45.9 Å². The molecule has 0 aliphatic carbocycles. The summed E-state index contributed by atoms with van der Waals surface area (Å²) in [4.78, 5) is 30.3. The standard InChI is InChI=1S/C23H26ClN3O2S/c1-4-16-7-5-6-8-19(16)25-21(28)14-30-23-26-20-13-17(24)9-10-18(20)22(29)27(23)12-11-15(2)3/h5-10,13,15H,4,11-12,14H2,1-3H3,(H,25,28). The third-order valence-electron chi connectivity index (χ3n) is 4.82. The molecule has 3 aromatic rings. The van der Waals surface area contributed by atoms with Gasteiger partial charge >= 0.3 is 0 Å². The number of nitrogens with one attached hydrogen (secondary N) is 1. The minimum Gasteiger partial charge on any atom is -0.325 e. The van der Waals surface area contributed by atoms with Crippen LogP contribution in [0.3, 0.4) is 0 Å². The van der Waals surface area contributed by atoms with Crippen molar-refractivity contribution in [3.05, 3.63) is 63.4 Å². The minimum absolute atomic E-state index is 0.100. The number of nitrogens with zero attached hydrogens (tertiary/aromatic N) is 2. The lowest BCUT2D eigenvalue weighted by Gasteiger charge is -2.14. The Morgan fingerprint density at radius 2 is 2.00 bits per heavy atom. The highest BCUT2D eigenvalue weighted by Crippen LogP contribution is 2.22. The van der Waals surface area contributed by atoms with Crippen LogP contribution in [0.1, 0.15) is 32.8 Å². The summed E-state index contributed by atoms with van der Waals surface area (Å²) in [5.41, 5.74) is 2.35. The molecule has 0 atom stereocenters. The predicted molar refractivity (Wildman–Crippen MR) is 126 cm³/mol. The second-order valence-electron chi connectivity index (χ2n) is 7.54. The summed E-state index contributed by atoms with van der Waals surface area (Å²) in [6.45, 7) is 6.84. The van der Waals surface area contributed by atoms with Gasteiger partial charge < -0.3 is 5.32 Å². The van der Waals surface area contributed by atoms with E-state index in [4.69, 9.17) is 11.6 Å². The maximum absolute atomic E-state index is 13.1. The molecule has 1 amide bonds. The maximum atomic E-state index is 13.1.